The fourth-order valence-corrected chi connectivity index (χ4v) is 4.65. The minimum atomic E-state index is -0.00344. The van der Waals surface area contributed by atoms with Crippen LogP contribution in [0.15, 0.2) is 35.7 Å². The topological polar surface area (TPSA) is 42.0 Å². The summed E-state index contributed by atoms with van der Waals surface area (Å²) in [5.74, 6) is 1.86. The SMILES string of the molecule is C[C@@H](NC(=O)C1[C@H]2CCC[C@@H]12)c1nc(-c2ccccc2)cs1. The molecule has 0 radical (unpaired) electrons. The molecule has 2 aliphatic carbocycles. The van der Waals surface area contributed by atoms with Crippen LogP contribution in [-0.4, -0.2) is 10.9 Å². The van der Waals surface area contributed by atoms with Crippen molar-refractivity contribution in [2.24, 2.45) is 17.8 Å². The maximum Gasteiger partial charge on any atom is 0.224 e. The number of carbonyl (C=O) groups excluding carboxylic acids is 1. The molecule has 1 unspecified atom stereocenters. The molecular formula is C18H20N2OS. The zero-order valence-corrected chi connectivity index (χ0v) is 13.5. The normalized spacial score (nSPS) is 27.2. The molecule has 0 bridgehead atoms. The lowest BCUT2D eigenvalue weighted by Crippen LogP contribution is -2.29. The van der Waals surface area contributed by atoms with Gasteiger partial charge in [0.2, 0.25) is 5.91 Å². The summed E-state index contributed by atoms with van der Waals surface area (Å²) in [6.07, 6.45) is 3.79. The van der Waals surface area contributed by atoms with Gasteiger partial charge in [-0.3, -0.25) is 4.79 Å². The van der Waals surface area contributed by atoms with Gasteiger partial charge in [-0.1, -0.05) is 36.8 Å². The summed E-state index contributed by atoms with van der Waals surface area (Å²) < 4.78 is 0. The van der Waals surface area contributed by atoms with Crippen molar-refractivity contribution in [2.45, 2.75) is 32.2 Å². The van der Waals surface area contributed by atoms with Crippen LogP contribution in [0, 0.1) is 17.8 Å². The second kappa shape index (κ2) is 5.51. The number of nitrogens with one attached hydrogen (secondary N) is 1. The molecule has 0 saturated heterocycles. The van der Waals surface area contributed by atoms with Gasteiger partial charge in [-0.05, 0) is 31.6 Å². The van der Waals surface area contributed by atoms with Gasteiger partial charge in [-0.2, -0.15) is 0 Å². The molecule has 2 saturated carbocycles. The van der Waals surface area contributed by atoms with Crippen LogP contribution in [0.25, 0.3) is 11.3 Å². The summed E-state index contributed by atoms with van der Waals surface area (Å²) in [5, 5.41) is 6.21. The Balaban J connectivity index is 1.42. The fourth-order valence-electron chi connectivity index (χ4n) is 3.81. The van der Waals surface area contributed by atoms with Crippen molar-refractivity contribution < 1.29 is 4.79 Å². The highest BCUT2D eigenvalue weighted by molar-refractivity contribution is 7.10. The van der Waals surface area contributed by atoms with Crippen molar-refractivity contribution in [3.05, 3.63) is 40.7 Å². The molecule has 1 amide bonds. The largest absolute Gasteiger partial charge is 0.347 e. The van der Waals surface area contributed by atoms with Crippen molar-refractivity contribution in [3.8, 4) is 11.3 Å². The first-order valence-electron chi connectivity index (χ1n) is 8.05. The number of nitrogens with zero attached hydrogens (tertiary/aromatic N) is 1. The van der Waals surface area contributed by atoms with Gasteiger partial charge in [0.1, 0.15) is 5.01 Å². The minimum absolute atomic E-state index is 0.00344. The molecule has 1 N–H and O–H groups in total. The second-order valence-corrected chi connectivity index (χ2v) is 7.34. The molecule has 4 rings (SSSR count). The summed E-state index contributed by atoms with van der Waals surface area (Å²) in [5.41, 5.74) is 2.12. The van der Waals surface area contributed by atoms with Crippen molar-refractivity contribution >= 4 is 17.2 Å². The maximum atomic E-state index is 12.3. The van der Waals surface area contributed by atoms with Gasteiger partial charge in [0, 0.05) is 16.9 Å². The molecule has 2 aromatic rings. The Morgan fingerprint density at radius 1 is 1.27 bits per heavy atom. The first-order valence-corrected chi connectivity index (χ1v) is 8.93. The Hall–Kier alpha value is -1.68. The molecule has 0 aliphatic heterocycles. The van der Waals surface area contributed by atoms with Gasteiger partial charge in [0.05, 0.1) is 11.7 Å². The van der Waals surface area contributed by atoms with E-state index in [2.05, 4.69) is 27.8 Å². The van der Waals surface area contributed by atoms with Gasteiger partial charge in [0.15, 0.2) is 0 Å². The van der Waals surface area contributed by atoms with Crippen LogP contribution in [0.5, 0.6) is 0 Å². The summed E-state index contributed by atoms with van der Waals surface area (Å²) in [6.45, 7) is 2.03. The smallest absolute Gasteiger partial charge is 0.224 e. The van der Waals surface area contributed by atoms with E-state index in [0.29, 0.717) is 11.8 Å². The second-order valence-electron chi connectivity index (χ2n) is 6.45. The Morgan fingerprint density at radius 2 is 2.00 bits per heavy atom. The molecule has 1 heterocycles. The standard InChI is InChI=1S/C18H20N2OS/c1-11(19-17(21)16-13-8-5-9-14(13)16)18-20-15(10-22-18)12-6-3-2-4-7-12/h2-4,6-7,10-11,13-14,16H,5,8-9H2,1H3,(H,19,21)/t11-,13-,14+,16?/m1/s1. The van der Waals surface area contributed by atoms with Crippen LogP contribution in [0.3, 0.4) is 0 Å². The lowest BCUT2D eigenvalue weighted by Gasteiger charge is -2.12. The van der Waals surface area contributed by atoms with Crippen molar-refractivity contribution in [1.29, 1.82) is 0 Å². The third-order valence-corrected chi connectivity index (χ3v) is 6.06. The fraction of sp³-hybridized carbons (Fsp3) is 0.444. The van der Waals surface area contributed by atoms with Crippen LogP contribution in [0.4, 0.5) is 0 Å². The maximum absolute atomic E-state index is 12.3. The predicted octanol–water partition coefficient (Wildman–Crippen LogP) is 4.03. The van der Waals surface area contributed by atoms with Gasteiger partial charge in [0.25, 0.3) is 0 Å². The van der Waals surface area contributed by atoms with Crippen molar-refractivity contribution in [3.63, 3.8) is 0 Å². The highest BCUT2D eigenvalue weighted by atomic mass is 32.1. The molecule has 1 aromatic heterocycles. The molecule has 2 aliphatic rings. The van der Waals surface area contributed by atoms with E-state index in [-0.39, 0.29) is 17.9 Å². The lowest BCUT2D eigenvalue weighted by atomic mass is 10.1. The Labute approximate surface area is 134 Å². The molecule has 1 aromatic carbocycles. The average Bonchev–Trinajstić information content (AvgIpc) is 2.95. The molecule has 22 heavy (non-hydrogen) atoms. The van der Waals surface area contributed by atoms with Gasteiger partial charge < -0.3 is 5.32 Å². The molecule has 0 spiro atoms. The summed E-state index contributed by atoms with van der Waals surface area (Å²) in [4.78, 5) is 17.0. The van der Waals surface area contributed by atoms with E-state index >= 15 is 0 Å². The number of carbonyl (C=O) groups is 1. The van der Waals surface area contributed by atoms with E-state index in [9.17, 15) is 4.79 Å². The third kappa shape index (κ3) is 2.45. The molecule has 4 atom stereocenters. The lowest BCUT2D eigenvalue weighted by molar-refractivity contribution is -0.123. The van der Waals surface area contributed by atoms with Crippen molar-refractivity contribution in [2.75, 3.05) is 0 Å². The summed E-state index contributed by atoms with van der Waals surface area (Å²) in [6, 6.07) is 10.2. The number of aromatic nitrogens is 1. The van der Waals surface area contributed by atoms with Crippen molar-refractivity contribution in [1.82, 2.24) is 10.3 Å². The molecular weight excluding hydrogens is 292 g/mol. The van der Waals surface area contributed by atoms with Gasteiger partial charge >= 0.3 is 0 Å². The van der Waals surface area contributed by atoms with E-state index in [0.717, 1.165) is 16.3 Å². The van der Waals surface area contributed by atoms with E-state index in [1.807, 2.05) is 25.1 Å². The molecule has 3 nitrogen and oxygen atoms in total. The summed E-state index contributed by atoms with van der Waals surface area (Å²) in [7, 11) is 0. The first kappa shape index (κ1) is 13.9. The zero-order valence-electron chi connectivity index (χ0n) is 12.7. The summed E-state index contributed by atoms with van der Waals surface area (Å²) >= 11 is 1.62. The van der Waals surface area contributed by atoms with Gasteiger partial charge in [-0.25, -0.2) is 4.98 Å². The first-order chi connectivity index (χ1) is 10.7. The van der Waals surface area contributed by atoms with Crippen LogP contribution in [0.1, 0.15) is 37.2 Å². The van der Waals surface area contributed by atoms with E-state index in [1.54, 1.807) is 11.3 Å². The Bertz CT molecular complexity index is 671. The highest BCUT2D eigenvalue weighted by Gasteiger charge is 2.56. The average molecular weight is 312 g/mol. The number of thiazole rings is 1. The van der Waals surface area contributed by atoms with Crippen LogP contribution >= 0.6 is 11.3 Å². The minimum Gasteiger partial charge on any atom is -0.347 e. The number of hydrogen-bond acceptors (Lipinski definition) is 3. The third-order valence-electron chi connectivity index (χ3n) is 5.03. The molecule has 114 valence electrons. The van der Waals surface area contributed by atoms with Crippen LogP contribution in [-0.2, 0) is 4.79 Å². The van der Waals surface area contributed by atoms with Crippen LogP contribution < -0.4 is 5.32 Å². The zero-order chi connectivity index (χ0) is 15.1. The van der Waals surface area contributed by atoms with E-state index in [4.69, 9.17) is 0 Å². The predicted molar refractivity (Wildman–Crippen MR) is 88.4 cm³/mol. The molecule has 2 fully saturated rings. The quantitative estimate of drug-likeness (QED) is 0.926. The van der Waals surface area contributed by atoms with Gasteiger partial charge in [-0.15, -0.1) is 11.3 Å². The van der Waals surface area contributed by atoms with Crippen LogP contribution in [0.2, 0.25) is 0 Å². The molecule has 4 heteroatoms. The monoisotopic (exact) mass is 312 g/mol. The number of benzene rings is 1. The number of hydrogen-bond donors (Lipinski definition) is 1. The number of rotatable bonds is 4. The number of amides is 1. The Morgan fingerprint density at radius 3 is 2.73 bits per heavy atom. The van der Waals surface area contributed by atoms with E-state index < -0.39 is 0 Å². The highest BCUT2D eigenvalue weighted by Crippen LogP contribution is 2.57. The number of fused-ring (bicyclic) bond motifs is 1. The van der Waals surface area contributed by atoms with E-state index in [1.165, 1.54) is 19.3 Å². The Kier molecular flexibility index (Phi) is 3.49.